The number of rotatable bonds is 11. The van der Waals surface area contributed by atoms with Crippen molar-refractivity contribution in [2.24, 2.45) is 16.8 Å². The molecule has 1 aromatic rings. The smallest absolute Gasteiger partial charge is 0.340 e. The number of aryl methyl sites for hydroxylation is 2. The number of nitrogens with zero attached hydrogens (tertiary/aromatic N) is 2. The molecule has 0 spiro atoms. The van der Waals surface area contributed by atoms with Crippen LogP contribution in [0.2, 0.25) is 0 Å². The lowest BCUT2D eigenvalue weighted by Gasteiger charge is -2.29. The number of hydrogen-bond acceptors (Lipinski definition) is 6. The first-order valence-electron chi connectivity index (χ1n) is 13.7. The van der Waals surface area contributed by atoms with Crippen molar-refractivity contribution in [1.82, 2.24) is 15.5 Å². The van der Waals surface area contributed by atoms with Gasteiger partial charge in [-0.05, 0) is 85.3 Å². The predicted molar refractivity (Wildman–Crippen MR) is 153 cm³/mol. The Hall–Kier alpha value is -3.12. The fourth-order valence-corrected chi connectivity index (χ4v) is 4.75. The molecular formula is C31H42N4O2. The van der Waals surface area contributed by atoms with Crippen molar-refractivity contribution in [3.63, 3.8) is 0 Å². The number of esters is 1. The topological polar surface area (TPSA) is 66.0 Å². The van der Waals surface area contributed by atoms with Gasteiger partial charge < -0.3 is 15.0 Å². The molecule has 6 heteroatoms. The van der Waals surface area contributed by atoms with Gasteiger partial charge in [-0.3, -0.25) is 10.3 Å². The Balaban J connectivity index is 1.64. The van der Waals surface area contributed by atoms with Crippen molar-refractivity contribution in [3.8, 4) is 0 Å². The summed E-state index contributed by atoms with van der Waals surface area (Å²) in [6.45, 7) is 14.0. The van der Waals surface area contributed by atoms with Crippen LogP contribution in [0.25, 0.3) is 11.3 Å². The molecule has 1 fully saturated rings. The van der Waals surface area contributed by atoms with Gasteiger partial charge in [0.2, 0.25) is 0 Å². The average molecular weight is 503 g/mol. The van der Waals surface area contributed by atoms with Crippen LogP contribution < -0.4 is 10.6 Å². The van der Waals surface area contributed by atoms with Gasteiger partial charge in [-0.2, -0.15) is 0 Å². The Morgan fingerprint density at radius 3 is 2.62 bits per heavy atom. The first-order valence-corrected chi connectivity index (χ1v) is 13.7. The summed E-state index contributed by atoms with van der Waals surface area (Å²) in [5, 5.41) is 6.93. The summed E-state index contributed by atoms with van der Waals surface area (Å²) in [6, 6.07) is 4.64. The van der Waals surface area contributed by atoms with Crippen LogP contribution in [0.4, 0.5) is 0 Å². The summed E-state index contributed by atoms with van der Waals surface area (Å²) in [5.41, 5.74) is 8.19. The highest BCUT2D eigenvalue weighted by atomic mass is 16.5. The molecule has 0 amide bonds. The van der Waals surface area contributed by atoms with Crippen molar-refractivity contribution in [2.45, 2.75) is 66.1 Å². The van der Waals surface area contributed by atoms with Crippen LogP contribution in [0, 0.1) is 11.8 Å². The zero-order valence-corrected chi connectivity index (χ0v) is 23.1. The molecule has 0 radical (unpaired) electrons. The number of aliphatic imine (C=N–C) groups is 1. The normalized spacial score (nSPS) is 19.4. The van der Waals surface area contributed by atoms with Crippen molar-refractivity contribution in [3.05, 3.63) is 70.6 Å². The molecule has 37 heavy (non-hydrogen) atoms. The molecule has 1 saturated carbocycles. The summed E-state index contributed by atoms with van der Waals surface area (Å²) in [7, 11) is 2.09. The number of ether oxygens (including phenoxy) is 1. The minimum Gasteiger partial charge on any atom is -0.462 e. The van der Waals surface area contributed by atoms with Gasteiger partial charge in [0.1, 0.15) is 0 Å². The number of nitrogens with one attached hydrogen (secondary N) is 2. The molecule has 2 N–H and O–H groups in total. The van der Waals surface area contributed by atoms with Crippen LogP contribution >= 0.6 is 0 Å². The SMILES string of the molecule is C=C1C=C(c2cc(CC)c(C3=CN(C)C(NCC4CC4)N=C3)cc2CCC(C)C)NC=C1C(=O)OCC. The van der Waals surface area contributed by atoms with E-state index in [9.17, 15) is 4.79 Å². The van der Waals surface area contributed by atoms with E-state index in [-0.39, 0.29) is 12.3 Å². The van der Waals surface area contributed by atoms with Crippen LogP contribution in [0.1, 0.15) is 69.2 Å². The first kappa shape index (κ1) is 26.9. The average Bonchev–Trinajstić information content (AvgIpc) is 3.70. The number of dihydropyridines is 1. The summed E-state index contributed by atoms with van der Waals surface area (Å²) >= 11 is 0. The largest absolute Gasteiger partial charge is 0.462 e. The highest BCUT2D eigenvalue weighted by Gasteiger charge is 2.25. The monoisotopic (exact) mass is 502 g/mol. The van der Waals surface area contributed by atoms with Gasteiger partial charge in [0.05, 0.1) is 12.2 Å². The third kappa shape index (κ3) is 6.61. The summed E-state index contributed by atoms with van der Waals surface area (Å²) < 4.78 is 5.18. The van der Waals surface area contributed by atoms with E-state index in [1.54, 1.807) is 6.20 Å². The van der Waals surface area contributed by atoms with Crippen LogP contribution in [0.15, 0.2) is 53.3 Å². The maximum atomic E-state index is 12.3. The van der Waals surface area contributed by atoms with E-state index in [1.807, 2.05) is 19.2 Å². The molecule has 1 aromatic carbocycles. The highest BCUT2D eigenvalue weighted by molar-refractivity contribution is 6.11. The minimum atomic E-state index is -0.350. The van der Waals surface area contributed by atoms with Gasteiger partial charge in [-0.1, -0.05) is 33.4 Å². The molecule has 6 nitrogen and oxygen atoms in total. The second-order valence-electron chi connectivity index (χ2n) is 10.7. The van der Waals surface area contributed by atoms with E-state index in [1.165, 1.54) is 29.5 Å². The molecule has 2 heterocycles. The van der Waals surface area contributed by atoms with E-state index in [0.29, 0.717) is 23.7 Å². The standard InChI is InChI=1S/C31H42N4O2/c1-7-23-14-27(29-13-21(5)28(18-32-29)30(36)37-8-2)24(12-9-20(3)4)15-26(23)25-17-34-31(35(6)19-25)33-16-22-10-11-22/h13-15,17-20,22,31-33H,5,7-12,16H2,1-4,6H3. The predicted octanol–water partition coefficient (Wildman–Crippen LogP) is 5.43. The van der Waals surface area contributed by atoms with Crippen LogP contribution in [0.5, 0.6) is 0 Å². The number of carbonyl (C=O) groups is 1. The van der Waals surface area contributed by atoms with Crippen molar-refractivity contribution in [2.75, 3.05) is 20.2 Å². The summed E-state index contributed by atoms with van der Waals surface area (Å²) in [5.74, 6) is 1.07. The Morgan fingerprint density at radius 1 is 1.24 bits per heavy atom. The zero-order chi connectivity index (χ0) is 26.5. The Bertz CT molecular complexity index is 1150. The van der Waals surface area contributed by atoms with Crippen molar-refractivity contribution < 1.29 is 9.53 Å². The maximum Gasteiger partial charge on any atom is 0.340 e. The number of benzene rings is 1. The summed E-state index contributed by atoms with van der Waals surface area (Å²) in [6.07, 6.45) is 13.6. The van der Waals surface area contributed by atoms with Crippen LogP contribution in [-0.2, 0) is 22.4 Å². The van der Waals surface area contributed by atoms with Gasteiger partial charge in [0.15, 0.2) is 6.29 Å². The molecule has 0 saturated heterocycles. The lowest BCUT2D eigenvalue weighted by Crippen LogP contribution is -2.42. The van der Waals surface area contributed by atoms with Crippen molar-refractivity contribution in [1.29, 1.82) is 0 Å². The molecule has 198 valence electrons. The molecular weight excluding hydrogens is 460 g/mol. The molecule has 4 rings (SSSR count). The van der Waals surface area contributed by atoms with E-state index in [0.717, 1.165) is 48.6 Å². The van der Waals surface area contributed by atoms with Gasteiger partial charge >= 0.3 is 5.97 Å². The van der Waals surface area contributed by atoms with Gasteiger partial charge in [0, 0.05) is 49.0 Å². The lowest BCUT2D eigenvalue weighted by molar-refractivity contribution is -0.138. The second kappa shape index (κ2) is 12.0. The number of carbonyl (C=O) groups excluding carboxylic acids is 1. The van der Waals surface area contributed by atoms with E-state index >= 15 is 0 Å². The minimum absolute atomic E-state index is 0.00269. The van der Waals surface area contributed by atoms with Crippen LogP contribution in [-0.4, -0.2) is 43.6 Å². The maximum absolute atomic E-state index is 12.3. The molecule has 2 aliphatic heterocycles. The van der Waals surface area contributed by atoms with E-state index in [4.69, 9.17) is 9.73 Å². The third-order valence-electron chi connectivity index (χ3n) is 7.20. The molecule has 0 bridgehead atoms. The Labute approximate surface area is 222 Å². The molecule has 1 aliphatic carbocycles. The zero-order valence-electron chi connectivity index (χ0n) is 23.1. The molecule has 0 aromatic heterocycles. The van der Waals surface area contributed by atoms with Gasteiger partial charge in [-0.25, -0.2) is 4.79 Å². The van der Waals surface area contributed by atoms with E-state index in [2.05, 4.69) is 68.3 Å². The Kier molecular flexibility index (Phi) is 8.70. The van der Waals surface area contributed by atoms with E-state index < -0.39 is 0 Å². The van der Waals surface area contributed by atoms with Gasteiger partial charge in [-0.15, -0.1) is 0 Å². The lowest BCUT2D eigenvalue weighted by atomic mass is 9.87. The number of hydrogen-bond donors (Lipinski definition) is 2. The van der Waals surface area contributed by atoms with Crippen LogP contribution in [0.3, 0.4) is 0 Å². The molecule has 1 unspecified atom stereocenters. The van der Waals surface area contributed by atoms with Gasteiger partial charge in [0.25, 0.3) is 0 Å². The third-order valence-corrected chi connectivity index (χ3v) is 7.20. The molecule has 1 atom stereocenters. The fourth-order valence-electron chi connectivity index (χ4n) is 4.75. The number of allylic oxidation sites excluding steroid dienone is 2. The van der Waals surface area contributed by atoms with Crippen molar-refractivity contribution >= 4 is 23.5 Å². The quantitative estimate of drug-likeness (QED) is 0.395. The Morgan fingerprint density at radius 2 is 2.00 bits per heavy atom. The summed E-state index contributed by atoms with van der Waals surface area (Å²) in [4.78, 5) is 19.3. The first-order chi connectivity index (χ1) is 17.8. The fraction of sp³-hybridized carbons (Fsp3) is 0.484. The molecule has 3 aliphatic rings. The second-order valence-corrected chi connectivity index (χ2v) is 10.7. The highest BCUT2D eigenvalue weighted by Crippen LogP contribution is 2.32.